The van der Waals surface area contributed by atoms with Crippen molar-refractivity contribution in [2.75, 3.05) is 19.8 Å². The monoisotopic (exact) mass is 344 g/mol. The summed E-state index contributed by atoms with van der Waals surface area (Å²) in [4.78, 5) is 22.2. The molecule has 0 bridgehead atoms. The minimum Gasteiger partial charge on any atom is -0.381 e. The van der Waals surface area contributed by atoms with E-state index in [0.717, 1.165) is 6.42 Å². The number of nitro groups is 1. The van der Waals surface area contributed by atoms with Crippen LogP contribution in [0.2, 0.25) is 0 Å². The first-order chi connectivity index (χ1) is 9.57. The maximum absolute atomic E-state index is 11.9. The van der Waals surface area contributed by atoms with Crippen molar-refractivity contribution >= 4 is 27.5 Å². The lowest BCUT2D eigenvalue weighted by atomic mass is 10.2. The average molecular weight is 345 g/mol. The third-order valence-electron chi connectivity index (χ3n) is 2.52. The third kappa shape index (κ3) is 4.90. The smallest absolute Gasteiger partial charge is 0.284 e. The fourth-order valence-electron chi connectivity index (χ4n) is 1.55. The quantitative estimate of drug-likeness (QED) is 0.446. The highest BCUT2D eigenvalue weighted by Gasteiger charge is 2.18. The summed E-state index contributed by atoms with van der Waals surface area (Å²) in [5.74, 6) is -0.337. The normalized spacial score (nSPS) is 10.3. The summed E-state index contributed by atoms with van der Waals surface area (Å²) in [5.41, 5.74) is 0.137. The van der Waals surface area contributed by atoms with Gasteiger partial charge in [-0.15, -0.1) is 0 Å². The summed E-state index contributed by atoms with van der Waals surface area (Å²) in [7, 11) is 0. The van der Waals surface area contributed by atoms with Crippen LogP contribution >= 0.6 is 15.9 Å². The van der Waals surface area contributed by atoms with Crippen LogP contribution < -0.4 is 5.32 Å². The van der Waals surface area contributed by atoms with E-state index in [1.165, 1.54) is 12.1 Å². The lowest BCUT2D eigenvalue weighted by Gasteiger charge is -2.07. The molecular weight excluding hydrogens is 328 g/mol. The Kier molecular flexibility index (Phi) is 7.17. The summed E-state index contributed by atoms with van der Waals surface area (Å²) in [6, 6.07) is 4.38. The number of amides is 1. The van der Waals surface area contributed by atoms with Crippen LogP contribution in [0.5, 0.6) is 0 Å². The predicted molar refractivity (Wildman–Crippen MR) is 78.9 cm³/mol. The van der Waals surface area contributed by atoms with Crippen molar-refractivity contribution in [3.8, 4) is 0 Å². The fraction of sp³-hybridized carbons (Fsp3) is 0.462. The van der Waals surface area contributed by atoms with E-state index in [4.69, 9.17) is 4.74 Å². The Morgan fingerprint density at radius 3 is 2.85 bits per heavy atom. The molecule has 0 radical (unpaired) electrons. The van der Waals surface area contributed by atoms with Crippen molar-refractivity contribution in [2.24, 2.45) is 0 Å². The average Bonchev–Trinajstić information content (AvgIpc) is 2.42. The zero-order chi connectivity index (χ0) is 15.0. The molecule has 7 heteroatoms. The van der Waals surface area contributed by atoms with Crippen molar-refractivity contribution in [1.82, 2.24) is 5.32 Å². The van der Waals surface area contributed by atoms with Gasteiger partial charge in [-0.1, -0.05) is 13.0 Å². The Bertz CT molecular complexity index is 479. The SMILES string of the molecule is CCCOCCCNC(=O)c1cccc([N+](=O)[O-])c1Br. The van der Waals surface area contributed by atoms with Crippen LogP contribution in [0.4, 0.5) is 5.69 Å². The molecule has 1 aromatic carbocycles. The second-order valence-corrected chi connectivity index (χ2v) is 4.91. The second kappa shape index (κ2) is 8.65. The number of halogens is 1. The van der Waals surface area contributed by atoms with Crippen molar-refractivity contribution in [3.63, 3.8) is 0 Å². The minimum absolute atomic E-state index is 0.121. The van der Waals surface area contributed by atoms with Crippen molar-refractivity contribution in [3.05, 3.63) is 38.3 Å². The molecule has 6 nitrogen and oxygen atoms in total. The highest BCUT2D eigenvalue weighted by Crippen LogP contribution is 2.28. The molecule has 0 aromatic heterocycles. The molecule has 0 saturated carbocycles. The summed E-state index contributed by atoms with van der Waals surface area (Å²) in [5, 5.41) is 13.5. The van der Waals surface area contributed by atoms with E-state index in [2.05, 4.69) is 21.2 Å². The number of hydrogen-bond donors (Lipinski definition) is 1. The topological polar surface area (TPSA) is 81.5 Å². The number of hydrogen-bond acceptors (Lipinski definition) is 4. The first-order valence-electron chi connectivity index (χ1n) is 6.36. The van der Waals surface area contributed by atoms with Gasteiger partial charge in [-0.3, -0.25) is 14.9 Å². The number of carbonyl (C=O) groups is 1. The van der Waals surface area contributed by atoms with E-state index in [9.17, 15) is 14.9 Å². The third-order valence-corrected chi connectivity index (χ3v) is 3.35. The molecule has 20 heavy (non-hydrogen) atoms. The molecule has 0 fully saturated rings. The van der Waals surface area contributed by atoms with Gasteiger partial charge in [0.1, 0.15) is 4.47 Å². The van der Waals surface area contributed by atoms with Gasteiger partial charge in [-0.05, 0) is 34.8 Å². The van der Waals surface area contributed by atoms with Crippen molar-refractivity contribution in [1.29, 1.82) is 0 Å². The molecule has 0 saturated heterocycles. The fourth-order valence-corrected chi connectivity index (χ4v) is 2.14. The number of ether oxygens (including phenoxy) is 1. The van der Waals surface area contributed by atoms with Gasteiger partial charge in [0.2, 0.25) is 0 Å². The van der Waals surface area contributed by atoms with Crippen LogP contribution in [0.3, 0.4) is 0 Å². The Labute approximate surface area is 125 Å². The molecule has 0 atom stereocenters. The maximum atomic E-state index is 11.9. The maximum Gasteiger partial charge on any atom is 0.284 e. The summed E-state index contributed by atoms with van der Waals surface area (Å²) >= 11 is 3.10. The van der Waals surface area contributed by atoms with Crippen LogP contribution in [-0.2, 0) is 4.74 Å². The Balaban J connectivity index is 2.52. The zero-order valence-electron chi connectivity index (χ0n) is 11.2. The highest BCUT2D eigenvalue weighted by atomic mass is 79.9. The van der Waals surface area contributed by atoms with E-state index in [1.54, 1.807) is 6.07 Å². The molecule has 1 aromatic rings. The first kappa shape index (κ1) is 16.6. The molecule has 0 aliphatic rings. The van der Waals surface area contributed by atoms with E-state index < -0.39 is 4.92 Å². The molecule has 110 valence electrons. The van der Waals surface area contributed by atoms with E-state index in [-0.39, 0.29) is 21.6 Å². The lowest BCUT2D eigenvalue weighted by Crippen LogP contribution is -2.25. The van der Waals surface area contributed by atoms with Crippen LogP contribution in [-0.4, -0.2) is 30.6 Å². The molecule has 0 spiro atoms. The minimum atomic E-state index is -0.528. The van der Waals surface area contributed by atoms with E-state index in [0.29, 0.717) is 26.2 Å². The molecule has 0 aliphatic carbocycles. The predicted octanol–water partition coefficient (Wildman–Crippen LogP) is 2.90. The van der Waals surface area contributed by atoms with Gasteiger partial charge in [0.25, 0.3) is 11.6 Å². The molecule has 1 amide bonds. The van der Waals surface area contributed by atoms with Gasteiger partial charge in [-0.25, -0.2) is 0 Å². The molecular formula is C13H17BrN2O4. The lowest BCUT2D eigenvalue weighted by molar-refractivity contribution is -0.385. The van der Waals surface area contributed by atoms with Crippen LogP contribution in [0.15, 0.2) is 22.7 Å². The zero-order valence-corrected chi connectivity index (χ0v) is 12.8. The van der Waals surface area contributed by atoms with Crippen LogP contribution in [0.1, 0.15) is 30.1 Å². The number of nitrogens with zero attached hydrogens (tertiary/aromatic N) is 1. The van der Waals surface area contributed by atoms with Gasteiger partial charge >= 0.3 is 0 Å². The summed E-state index contributed by atoms with van der Waals surface area (Å²) in [6.45, 7) is 3.80. The van der Waals surface area contributed by atoms with E-state index >= 15 is 0 Å². The molecule has 0 unspecified atom stereocenters. The summed E-state index contributed by atoms with van der Waals surface area (Å²) < 4.78 is 5.49. The van der Waals surface area contributed by atoms with Gasteiger partial charge in [0.05, 0.1) is 10.5 Å². The van der Waals surface area contributed by atoms with E-state index in [1.807, 2.05) is 6.92 Å². The largest absolute Gasteiger partial charge is 0.381 e. The number of nitrogens with one attached hydrogen (secondary N) is 1. The second-order valence-electron chi connectivity index (χ2n) is 4.12. The number of nitro benzene ring substituents is 1. The Hall–Kier alpha value is -1.47. The van der Waals surface area contributed by atoms with Gasteiger partial charge in [0.15, 0.2) is 0 Å². The standard InChI is InChI=1S/C13H17BrN2O4/c1-2-8-20-9-4-7-15-13(17)10-5-3-6-11(12(10)14)16(18)19/h3,5-6H,2,4,7-9H2,1H3,(H,15,17). The Morgan fingerprint density at radius 1 is 1.45 bits per heavy atom. The van der Waals surface area contributed by atoms with Gasteiger partial charge < -0.3 is 10.1 Å². The van der Waals surface area contributed by atoms with Gasteiger partial charge in [0, 0.05) is 25.8 Å². The number of rotatable bonds is 8. The molecule has 1 rings (SSSR count). The van der Waals surface area contributed by atoms with Gasteiger partial charge in [-0.2, -0.15) is 0 Å². The van der Waals surface area contributed by atoms with Crippen molar-refractivity contribution < 1.29 is 14.5 Å². The van der Waals surface area contributed by atoms with Crippen molar-refractivity contribution in [2.45, 2.75) is 19.8 Å². The number of carbonyl (C=O) groups excluding carboxylic acids is 1. The molecule has 0 aliphatic heterocycles. The highest BCUT2D eigenvalue weighted by molar-refractivity contribution is 9.10. The van der Waals surface area contributed by atoms with Crippen LogP contribution in [0, 0.1) is 10.1 Å². The van der Waals surface area contributed by atoms with Crippen LogP contribution in [0.25, 0.3) is 0 Å². The summed E-state index contributed by atoms with van der Waals surface area (Å²) in [6.07, 6.45) is 1.67. The Morgan fingerprint density at radius 2 is 2.20 bits per heavy atom. The first-order valence-corrected chi connectivity index (χ1v) is 7.16. The molecule has 0 heterocycles. The molecule has 1 N–H and O–H groups in total. The number of benzene rings is 1.